The molecular weight excluding hydrogens is 1470 g/mol. The summed E-state index contributed by atoms with van der Waals surface area (Å²) >= 11 is 0. The van der Waals surface area contributed by atoms with E-state index in [0.717, 1.165) is 61.0 Å². The summed E-state index contributed by atoms with van der Waals surface area (Å²) in [5.41, 5.74) is 3.93. The fourth-order valence-corrected chi connectivity index (χ4v) is 8.91. The molecule has 0 aliphatic carbocycles. The van der Waals surface area contributed by atoms with Gasteiger partial charge in [-0.2, -0.15) is 0 Å². The van der Waals surface area contributed by atoms with Gasteiger partial charge in [-0.15, -0.1) is 0 Å². The minimum atomic E-state index is -0.675. The predicted octanol–water partition coefficient (Wildman–Crippen LogP) is 17.6. The Labute approximate surface area is 704 Å². The molecule has 3 saturated heterocycles. The quantitative estimate of drug-likeness (QED) is 0.101. The maximum Gasteiger partial charge on any atom is 0.346 e. The van der Waals surface area contributed by atoms with Crippen molar-refractivity contribution >= 4 is 70.8 Å². The van der Waals surface area contributed by atoms with E-state index in [1.807, 2.05) is 241 Å². The van der Waals surface area contributed by atoms with E-state index in [2.05, 4.69) is 4.98 Å². The van der Waals surface area contributed by atoms with Crippen LogP contribution in [-0.4, -0.2) is 196 Å². The van der Waals surface area contributed by atoms with Crippen molar-refractivity contribution in [3.8, 4) is 0 Å². The number of hydrogen-bond acceptors (Lipinski definition) is 14. The Morgan fingerprint density at radius 3 is 1.01 bits per heavy atom. The van der Waals surface area contributed by atoms with Crippen molar-refractivity contribution in [3.05, 3.63) is 177 Å². The van der Waals surface area contributed by atoms with Crippen LogP contribution in [0.2, 0.25) is 0 Å². The van der Waals surface area contributed by atoms with Gasteiger partial charge in [0.2, 0.25) is 23.6 Å². The van der Waals surface area contributed by atoms with Crippen molar-refractivity contribution in [2.45, 2.75) is 242 Å². The van der Waals surface area contributed by atoms with Gasteiger partial charge in [0.1, 0.15) is 5.54 Å². The van der Waals surface area contributed by atoms with E-state index >= 15 is 0 Å². The van der Waals surface area contributed by atoms with Crippen LogP contribution < -0.4 is 16.3 Å². The summed E-state index contributed by atoms with van der Waals surface area (Å²) in [6.45, 7) is 38.5. The van der Waals surface area contributed by atoms with Gasteiger partial charge in [0.15, 0.2) is 0 Å². The Hall–Kier alpha value is -10.6. The number of likely N-dealkylation sites (tertiary alicyclic amines) is 2. The lowest BCUT2D eigenvalue weighted by Crippen LogP contribution is -2.41. The number of benzene rings is 3. The van der Waals surface area contributed by atoms with Crippen LogP contribution in [0.5, 0.6) is 0 Å². The third kappa shape index (κ3) is 42.1. The highest BCUT2D eigenvalue weighted by atomic mass is 16.2. The number of nitrogens with zero attached hydrogens (tertiary/aromatic N) is 14. The molecule has 670 valence electrons. The molecule has 0 N–H and O–H groups in total. The number of imide groups is 4. The molecule has 10 heterocycles. The van der Waals surface area contributed by atoms with Crippen LogP contribution in [0.1, 0.15) is 272 Å². The van der Waals surface area contributed by atoms with Crippen molar-refractivity contribution in [1.29, 1.82) is 0 Å². The van der Waals surface area contributed by atoms with Crippen molar-refractivity contribution in [1.82, 2.24) is 62.3 Å². The fourth-order valence-electron chi connectivity index (χ4n) is 8.91. The number of fused-ring (bicyclic) bond motifs is 3. The maximum atomic E-state index is 11.5. The number of urea groups is 1. The lowest BCUT2D eigenvalue weighted by Gasteiger charge is -2.22. The van der Waals surface area contributed by atoms with E-state index in [1.54, 1.807) is 86.5 Å². The first-order chi connectivity index (χ1) is 50.7. The molecule has 3 aromatic heterocycles. The largest absolute Gasteiger partial charge is 0.357 e. The normalized spacial score (nSPS) is 13.6. The van der Waals surface area contributed by atoms with Gasteiger partial charge in [-0.1, -0.05) is 226 Å². The van der Waals surface area contributed by atoms with Crippen LogP contribution in [0, 0.1) is 0 Å². The van der Waals surface area contributed by atoms with Gasteiger partial charge >= 0.3 is 17.4 Å². The van der Waals surface area contributed by atoms with Crippen molar-refractivity contribution in [2.24, 2.45) is 35.2 Å². The molecule has 1 atom stereocenters. The van der Waals surface area contributed by atoms with Crippen LogP contribution in [0.25, 0.3) is 0 Å². The van der Waals surface area contributed by atoms with E-state index in [-0.39, 0.29) is 143 Å². The number of hydrogen-bond donors (Lipinski definition) is 0. The molecule has 1 unspecified atom stereocenters. The Morgan fingerprint density at radius 1 is 0.388 bits per heavy atom. The maximum absolute atomic E-state index is 11.5. The number of para-hydroxylation sites is 1. The summed E-state index contributed by atoms with van der Waals surface area (Å²) in [6, 6.07) is 26.5. The second-order valence-corrected chi connectivity index (χ2v) is 22.0. The number of aryl methyl sites for hydroxylation is 2. The molecule has 3 aromatic carbocycles. The molecule has 7 aliphatic rings. The number of carbonyl (C=O) groups is 11. The molecule has 27 heteroatoms. The highest BCUT2D eigenvalue weighted by molar-refractivity contribution is 6.21. The Morgan fingerprint density at radius 2 is 0.776 bits per heavy atom. The number of rotatable bonds is 0. The molecule has 13 rings (SSSR count). The van der Waals surface area contributed by atoms with Gasteiger partial charge in [0, 0.05) is 166 Å². The van der Waals surface area contributed by atoms with Crippen molar-refractivity contribution in [2.75, 3.05) is 67.8 Å². The number of carbonyl (C=O) groups excluding carboxylic acids is 11. The van der Waals surface area contributed by atoms with Crippen molar-refractivity contribution < 1.29 is 52.7 Å². The Balaban J connectivity index is -0.0000000812. The molecule has 0 bridgehead atoms. The van der Waals surface area contributed by atoms with Gasteiger partial charge < -0.3 is 28.7 Å². The lowest BCUT2D eigenvalue weighted by molar-refractivity contribution is -0.137. The number of amides is 12. The lowest BCUT2D eigenvalue weighted by atomic mass is 10.1. The first-order valence-corrected chi connectivity index (χ1v) is 36.7. The molecule has 0 spiro atoms. The van der Waals surface area contributed by atoms with Gasteiger partial charge in [0.25, 0.3) is 35.4 Å². The smallest absolute Gasteiger partial charge is 0.346 e. The number of anilines is 1. The molecular formula is C89H166N14O13. The Kier molecular flexibility index (Phi) is 88.3. The van der Waals surface area contributed by atoms with E-state index in [4.69, 9.17) is 0 Å². The van der Waals surface area contributed by atoms with Crippen LogP contribution in [0.3, 0.4) is 0 Å². The van der Waals surface area contributed by atoms with Gasteiger partial charge in [-0.25, -0.2) is 33.3 Å². The summed E-state index contributed by atoms with van der Waals surface area (Å²) in [6.07, 6.45) is 15.1. The number of likely N-dealkylation sites (N-methyl/N-ethyl adjacent to an activating group) is 4. The minimum absolute atomic E-state index is 0. The van der Waals surface area contributed by atoms with Gasteiger partial charge in [-0.3, -0.25) is 67.5 Å². The molecule has 0 radical (unpaired) electrons. The van der Waals surface area contributed by atoms with E-state index < -0.39 is 5.54 Å². The monoisotopic (exact) mass is 1640 g/mol. The van der Waals surface area contributed by atoms with Crippen LogP contribution in [0.4, 0.5) is 10.5 Å². The highest BCUT2D eigenvalue weighted by Gasteiger charge is 2.47. The molecule has 0 saturated carbocycles. The van der Waals surface area contributed by atoms with Crippen LogP contribution >= 0.6 is 0 Å². The Bertz CT molecular complexity index is 3660. The number of imidazole rings is 1. The third-order valence-electron chi connectivity index (χ3n) is 15.5. The van der Waals surface area contributed by atoms with Crippen LogP contribution in [-0.2, 0) is 75.2 Å². The predicted molar refractivity (Wildman–Crippen MR) is 490 cm³/mol. The van der Waals surface area contributed by atoms with E-state index in [0.29, 0.717) is 36.3 Å². The molecule has 116 heavy (non-hydrogen) atoms. The zero-order valence-corrected chi connectivity index (χ0v) is 70.5. The molecule has 7 aliphatic heterocycles. The fraction of sp³-hybridized carbons (Fsp3) is 0.551. The molecule has 6 aromatic rings. The van der Waals surface area contributed by atoms with Crippen molar-refractivity contribution in [3.63, 3.8) is 0 Å². The summed E-state index contributed by atoms with van der Waals surface area (Å²) in [7, 11) is 21.5. The first kappa shape index (κ1) is 138. The van der Waals surface area contributed by atoms with E-state index in [9.17, 15) is 62.3 Å². The van der Waals surface area contributed by atoms with Gasteiger partial charge in [0.05, 0.1) is 29.9 Å². The standard InChI is InChI=1S/C10H11NO.C9H7NO2.C9H9NO.C7H12N2O2.C5H9N3O2.C5H7NO2.C5H5NO2.C5H9NO.C5H7N.C4H6N2.8C2H6.9CH4/c1-7-8-5-3-4-6-9(8)10(12)11(7)2;1-10-8(11)6-4-2-3-5-7(6)9(10)12;1-10-8-5-3-2-4-7(8)6-9(10)11;1-7(2)5(10)8(3)6(11)9(7)4;1-6-4(9)7(2)8(3)5(6)10;2*1-6-4(7)2-3-5(6)8;1-6-4-2-3-5(6)7;1-6-4-2-3-5-6;1-6-3-2-5-4-6;8*1-2;;;;;;;;;/h3-7H,1-2H3;2-5H,1H3;2-5H,6H2,1H3;1-4H3;1-3H3;2-3H2,1H3;2-3H,1H3;2-4H2,1H3;2-5H,1H3;2-4H,1H3;8*1-2H3;9*1H4. The highest BCUT2D eigenvalue weighted by Crippen LogP contribution is 2.31. The first-order valence-electron chi connectivity index (χ1n) is 36.7. The summed E-state index contributed by atoms with van der Waals surface area (Å²) < 4.78 is 7.45. The average Bonchev–Trinajstić information content (AvgIpc) is 1.63. The SMILES string of the molecule is C.C.C.C.C.C.C.C.C.CC.CC.CC.CC.CC.CC.CC.CC.CC1c2ccccc2C(=O)N1C.CN1C(=O)C=CC1=O.CN1C(=O)CCC1=O.CN1C(=O)Cc2ccccc21.CN1C(=O)N(C)C(C)(C)C1=O.CN1C(=O)c2ccccc2C1=O.CN1CCCC1=O.Cn1c(=O)n(C)n(C)c1=O.Cn1cccc1.Cn1ccnc1. The molecule has 27 nitrogen and oxygen atoms in total. The summed E-state index contributed by atoms with van der Waals surface area (Å²) in [4.78, 5) is 157. The van der Waals surface area contributed by atoms with Crippen LogP contribution in [0.15, 0.2) is 138 Å². The zero-order valence-electron chi connectivity index (χ0n) is 70.5. The zero-order chi connectivity index (χ0) is 84.4. The minimum Gasteiger partial charge on any atom is -0.357 e. The van der Waals surface area contributed by atoms with E-state index in [1.165, 1.54) is 66.6 Å². The second-order valence-electron chi connectivity index (χ2n) is 22.0. The topological polar surface area (TPSA) is 285 Å². The second kappa shape index (κ2) is 74.5. The van der Waals surface area contributed by atoms with Gasteiger partial charge in [-0.05, 0) is 74.7 Å². The third-order valence-corrected chi connectivity index (χ3v) is 15.5. The number of aromatic nitrogens is 6. The molecule has 3 fully saturated rings. The summed E-state index contributed by atoms with van der Waals surface area (Å²) in [5.74, 6) is -0.560. The average molecular weight is 1640 g/mol. The summed E-state index contributed by atoms with van der Waals surface area (Å²) in [5, 5.41) is 0. The molecule has 12 amide bonds.